The lowest BCUT2D eigenvalue weighted by atomic mass is 9.70. The molecule has 0 radical (unpaired) electrons. The molecule has 2 nitrogen and oxygen atoms in total. The van der Waals surface area contributed by atoms with Crippen molar-refractivity contribution in [1.29, 1.82) is 5.41 Å². The topological polar surface area (TPSA) is 36.7 Å². The number of rotatable bonds is 3. The summed E-state index contributed by atoms with van der Waals surface area (Å²) in [6.45, 7) is 0. The monoisotopic (exact) mass is 420 g/mol. The second kappa shape index (κ2) is 6.10. The van der Waals surface area contributed by atoms with Gasteiger partial charge in [0.25, 0.3) is 0 Å². The summed E-state index contributed by atoms with van der Waals surface area (Å²) in [5.41, 5.74) is 4.38. The van der Waals surface area contributed by atoms with Crippen molar-refractivity contribution in [3.8, 4) is 0 Å². The molecule has 134 valence electrons. The molecule has 1 unspecified atom stereocenters. The van der Waals surface area contributed by atoms with Crippen molar-refractivity contribution in [2.75, 3.05) is 0 Å². The lowest BCUT2D eigenvalue weighted by Gasteiger charge is -2.32. The fourth-order valence-corrected chi connectivity index (χ4v) is 4.79. The van der Waals surface area contributed by atoms with Gasteiger partial charge in [-0.25, -0.2) is 4.39 Å². The van der Waals surface area contributed by atoms with Gasteiger partial charge in [-0.05, 0) is 59.9 Å². The lowest BCUT2D eigenvalue weighted by Crippen LogP contribution is -2.27. The maximum atomic E-state index is 14.7. The Morgan fingerprint density at radius 3 is 2.59 bits per heavy atom. The van der Waals surface area contributed by atoms with Gasteiger partial charge in [0.05, 0.1) is 5.41 Å². The molecule has 1 saturated carbocycles. The molecule has 0 saturated heterocycles. The molecular weight excluding hydrogens is 403 g/mol. The third-order valence-corrected chi connectivity index (χ3v) is 6.30. The van der Waals surface area contributed by atoms with Gasteiger partial charge in [-0.1, -0.05) is 40.2 Å². The van der Waals surface area contributed by atoms with Crippen LogP contribution in [0.15, 0.2) is 65.3 Å². The van der Waals surface area contributed by atoms with E-state index in [4.69, 9.17) is 5.41 Å². The number of hydrogen-bond donors (Lipinski definition) is 1. The molecule has 27 heavy (non-hydrogen) atoms. The van der Waals surface area contributed by atoms with Crippen LogP contribution in [0.25, 0.3) is 0 Å². The average molecular weight is 421 g/mol. The highest BCUT2D eigenvalue weighted by atomic mass is 79.9. The Hall–Kier alpha value is -2.33. The molecule has 3 aromatic rings. The highest BCUT2D eigenvalue weighted by molar-refractivity contribution is 9.10. The van der Waals surface area contributed by atoms with Crippen LogP contribution in [0.5, 0.6) is 0 Å². The van der Waals surface area contributed by atoms with Crippen molar-refractivity contribution in [3.63, 3.8) is 0 Å². The van der Waals surface area contributed by atoms with Crippen LogP contribution in [0.3, 0.4) is 0 Å². The van der Waals surface area contributed by atoms with Gasteiger partial charge in [-0.2, -0.15) is 0 Å². The molecule has 4 heteroatoms. The summed E-state index contributed by atoms with van der Waals surface area (Å²) < 4.78 is 15.6. The third-order valence-electron chi connectivity index (χ3n) is 5.80. The van der Waals surface area contributed by atoms with Crippen molar-refractivity contribution in [2.45, 2.75) is 30.6 Å². The van der Waals surface area contributed by atoms with Crippen molar-refractivity contribution in [2.24, 2.45) is 0 Å². The number of nitrogens with one attached hydrogen (secondary N) is 1. The molecule has 1 fully saturated rings. The molecule has 5 rings (SSSR count). The van der Waals surface area contributed by atoms with E-state index in [1.807, 2.05) is 30.5 Å². The Balaban J connectivity index is 1.82. The Bertz CT molecular complexity index is 1070. The lowest BCUT2D eigenvalue weighted by molar-refractivity contribution is 0.617. The van der Waals surface area contributed by atoms with E-state index in [9.17, 15) is 4.39 Å². The first-order valence-corrected chi connectivity index (χ1v) is 9.98. The molecule has 0 amide bonds. The van der Waals surface area contributed by atoms with Gasteiger partial charge in [0.15, 0.2) is 0 Å². The number of pyridine rings is 1. The number of nitrogens with zero attached hydrogens (tertiary/aromatic N) is 1. The standard InChI is InChI=1S/C23H18BrFN2/c24-17-4-1-3-15(11-17)23(16-9-10-27-21(12-16)14-7-8-14)13-20(26)22-18(23)5-2-6-19(22)25/h1-6,9-12,14,26H,7-8,13H2. The van der Waals surface area contributed by atoms with Gasteiger partial charge < -0.3 is 5.41 Å². The predicted octanol–water partition coefficient (Wildman–Crippen LogP) is 5.97. The van der Waals surface area contributed by atoms with Gasteiger partial charge in [-0.15, -0.1) is 0 Å². The zero-order valence-corrected chi connectivity index (χ0v) is 16.3. The average Bonchev–Trinajstić information content (AvgIpc) is 3.47. The van der Waals surface area contributed by atoms with E-state index in [0.717, 1.165) is 26.9 Å². The fourth-order valence-electron chi connectivity index (χ4n) is 4.39. The van der Waals surface area contributed by atoms with Crippen molar-refractivity contribution in [3.05, 3.63) is 99.0 Å². The Labute approximate surface area is 166 Å². The summed E-state index contributed by atoms with van der Waals surface area (Å²) >= 11 is 3.58. The molecule has 0 spiro atoms. The van der Waals surface area contributed by atoms with Crippen molar-refractivity contribution >= 4 is 21.6 Å². The van der Waals surface area contributed by atoms with Gasteiger partial charge in [-0.3, -0.25) is 4.98 Å². The summed E-state index contributed by atoms with van der Waals surface area (Å²) in [6, 6.07) is 17.5. The second-order valence-corrected chi connectivity index (χ2v) is 8.39. The van der Waals surface area contributed by atoms with Crippen LogP contribution < -0.4 is 0 Å². The normalized spacial score (nSPS) is 21.3. The van der Waals surface area contributed by atoms with Crippen LogP contribution in [-0.2, 0) is 5.41 Å². The molecular formula is C23H18BrFN2. The molecule has 2 aliphatic rings. The molecule has 1 atom stereocenters. The zero-order chi connectivity index (χ0) is 18.6. The number of halogens is 2. The van der Waals surface area contributed by atoms with Crippen molar-refractivity contribution < 1.29 is 4.39 Å². The van der Waals surface area contributed by atoms with Gasteiger partial charge >= 0.3 is 0 Å². The van der Waals surface area contributed by atoms with Crippen LogP contribution in [0.2, 0.25) is 0 Å². The van der Waals surface area contributed by atoms with E-state index >= 15 is 0 Å². The van der Waals surface area contributed by atoms with E-state index in [1.165, 1.54) is 18.9 Å². The minimum atomic E-state index is -0.565. The second-order valence-electron chi connectivity index (χ2n) is 7.48. The van der Waals surface area contributed by atoms with E-state index in [-0.39, 0.29) is 5.82 Å². The highest BCUT2D eigenvalue weighted by Crippen LogP contribution is 2.50. The maximum absolute atomic E-state index is 14.7. The molecule has 2 aromatic carbocycles. The smallest absolute Gasteiger partial charge is 0.132 e. The zero-order valence-electron chi connectivity index (χ0n) is 14.7. The minimum absolute atomic E-state index is 0.314. The Morgan fingerprint density at radius 2 is 1.81 bits per heavy atom. The van der Waals surface area contributed by atoms with Crippen LogP contribution >= 0.6 is 15.9 Å². The highest BCUT2D eigenvalue weighted by Gasteiger charge is 2.46. The summed E-state index contributed by atoms with van der Waals surface area (Å²) in [5.74, 6) is 0.225. The van der Waals surface area contributed by atoms with Crippen LogP contribution in [-0.4, -0.2) is 10.7 Å². The summed E-state index contributed by atoms with van der Waals surface area (Å²) in [6.07, 6.45) is 4.68. The molecule has 0 bridgehead atoms. The first-order valence-electron chi connectivity index (χ1n) is 9.19. The number of fused-ring (bicyclic) bond motifs is 1. The minimum Gasteiger partial charge on any atom is -0.305 e. The van der Waals surface area contributed by atoms with E-state index in [1.54, 1.807) is 6.07 Å². The van der Waals surface area contributed by atoms with Gasteiger partial charge in [0.2, 0.25) is 0 Å². The summed E-state index contributed by atoms with van der Waals surface area (Å²) in [5, 5.41) is 8.56. The first kappa shape index (κ1) is 16.8. The summed E-state index contributed by atoms with van der Waals surface area (Å²) in [7, 11) is 0. The van der Waals surface area contributed by atoms with Gasteiger partial charge in [0, 0.05) is 40.0 Å². The Kier molecular flexibility index (Phi) is 3.80. The van der Waals surface area contributed by atoms with Crippen molar-refractivity contribution in [1.82, 2.24) is 4.98 Å². The van der Waals surface area contributed by atoms with E-state index in [2.05, 4.69) is 39.1 Å². The first-order chi connectivity index (χ1) is 13.1. The number of benzene rings is 2. The molecule has 0 aliphatic heterocycles. The fraction of sp³-hybridized carbons (Fsp3) is 0.217. The molecule has 2 aliphatic carbocycles. The summed E-state index contributed by atoms with van der Waals surface area (Å²) in [4.78, 5) is 4.57. The van der Waals surface area contributed by atoms with Crippen LogP contribution in [0.1, 0.15) is 53.1 Å². The number of aromatic nitrogens is 1. The van der Waals surface area contributed by atoms with Crippen LogP contribution in [0, 0.1) is 11.2 Å². The Morgan fingerprint density at radius 1 is 1.04 bits per heavy atom. The van der Waals surface area contributed by atoms with E-state index in [0.29, 0.717) is 23.6 Å². The molecule has 1 N–H and O–H groups in total. The van der Waals surface area contributed by atoms with Crippen LogP contribution in [0.4, 0.5) is 4.39 Å². The van der Waals surface area contributed by atoms with Gasteiger partial charge in [0.1, 0.15) is 5.82 Å². The SMILES string of the molecule is N=C1CC(c2cccc(Br)c2)(c2ccnc(C3CC3)c2)c2cccc(F)c21. The largest absolute Gasteiger partial charge is 0.305 e. The van der Waals surface area contributed by atoms with E-state index < -0.39 is 5.41 Å². The third kappa shape index (κ3) is 2.58. The molecule has 1 aromatic heterocycles. The maximum Gasteiger partial charge on any atom is 0.132 e. The quantitative estimate of drug-likeness (QED) is 0.556. The number of hydrogen-bond acceptors (Lipinski definition) is 2. The molecule has 1 heterocycles. The predicted molar refractivity (Wildman–Crippen MR) is 108 cm³/mol.